The summed E-state index contributed by atoms with van der Waals surface area (Å²) in [6, 6.07) is 0. The topological polar surface area (TPSA) is 117 Å². The van der Waals surface area contributed by atoms with Crippen molar-refractivity contribution in [3.63, 3.8) is 0 Å². The Kier molecular flexibility index (Phi) is 6.70. The summed E-state index contributed by atoms with van der Waals surface area (Å²) in [6.07, 6.45) is -3.30. The SMILES string of the molecule is [CH2-]C(C)(C)OC(=O)NC1(C(=O)OC(C)(C)C)COCC1OS(=O)(=O)C(F)(F)F. The Morgan fingerprint density at radius 3 is 2.11 bits per heavy atom. The van der Waals surface area contributed by atoms with Gasteiger partial charge in [0.1, 0.15) is 11.7 Å². The molecule has 1 fully saturated rings. The third-order valence-electron chi connectivity index (χ3n) is 3.13. The molecule has 0 aromatic rings. The van der Waals surface area contributed by atoms with E-state index in [0.29, 0.717) is 0 Å². The van der Waals surface area contributed by atoms with Crippen LogP contribution in [0.2, 0.25) is 0 Å². The van der Waals surface area contributed by atoms with Crippen molar-refractivity contribution in [2.75, 3.05) is 13.2 Å². The third kappa shape index (κ3) is 6.21. The number of ether oxygens (including phenoxy) is 3. The quantitative estimate of drug-likeness (QED) is 0.301. The normalized spacial score (nSPS) is 24.0. The van der Waals surface area contributed by atoms with Gasteiger partial charge in [-0.2, -0.15) is 21.6 Å². The van der Waals surface area contributed by atoms with Crippen molar-refractivity contribution in [2.24, 2.45) is 0 Å². The molecule has 0 spiro atoms. The highest BCUT2D eigenvalue weighted by atomic mass is 32.2. The zero-order valence-corrected chi connectivity index (χ0v) is 16.8. The monoisotopic (exact) mass is 434 g/mol. The number of esters is 1. The molecule has 0 aliphatic carbocycles. The van der Waals surface area contributed by atoms with Crippen molar-refractivity contribution in [1.82, 2.24) is 5.32 Å². The summed E-state index contributed by atoms with van der Waals surface area (Å²) in [5.41, 5.74) is -10.5. The predicted molar refractivity (Wildman–Crippen MR) is 88.3 cm³/mol. The molecule has 1 aliphatic rings. The summed E-state index contributed by atoms with van der Waals surface area (Å²) in [5, 5.41) is 2.04. The molecular formula is C15H23F3NO8S-. The molecular weight excluding hydrogens is 411 g/mol. The van der Waals surface area contributed by atoms with Crippen LogP contribution in [0.1, 0.15) is 34.6 Å². The Hall–Kier alpha value is -1.60. The lowest BCUT2D eigenvalue weighted by atomic mass is 9.95. The lowest BCUT2D eigenvalue weighted by molar-refractivity contribution is -0.166. The van der Waals surface area contributed by atoms with Crippen LogP contribution in [-0.2, 0) is 33.3 Å². The lowest BCUT2D eigenvalue weighted by Gasteiger charge is -2.36. The van der Waals surface area contributed by atoms with Gasteiger partial charge < -0.3 is 26.5 Å². The van der Waals surface area contributed by atoms with Crippen molar-refractivity contribution >= 4 is 22.2 Å². The highest BCUT2D eigenvalue weighted by Gasteiger charge is 2.59. The molecule has 1 saturated heterocycles. The van der Waals surface area contributed by atoms with Crippen LogP contribution in [0.25, 0.3) is 0 Å². The van der Waals surface area contributed by atoms with Gasteiger partial charge in [0.15, 0.2) is 5.54 Å². The van der Waals surface area contributed by atoms with Crippen LogP contribution in [-0.4, -0.2) is 62.0 Å². The number of alkyl carbamates (subject to hydrolysis) is 1. The molecule has 9 nitrogen and oxygen atoms in total. The number of alkyl halides is 3. The first-order valence-corrected chi connectivity index (χ1v) is 9.37. The van der Waals surface area contributed by atoms with Gasteiger partial charge in [-0.3, -0.25) is 4.18 Å². The highest BCUT2D eigenvalue weighted by Crippen LogP contribution is 2.33. The molecule has 0 radical (unpaired) electrons. The van der Waals surface area contributed by atoms with Crippen LogP contribution in [0, 0.1) is 6.92 Å². The summed E-state index contributed by atoms with van der Waals surface area (Å²) in [4.78, 5) is 24.8. The van der Waals surface area contributed by atoms with Gasteiger partial charge in [0, 0.05) is 0 Å². The van der Waals surface area contributed by atoms with Crippen molar-refractivity contribution in [3.05, 3.63) is 6.92 Å². The number of carbonyl (C=O) groups excluding carboxylic acids is 2. The number of nitrogens with one attached hydrogen (secondary N) is 1. The first kappa shape index (κ1) is 24.4. The fourth-order valence-corrected chi connectivity index (χ4v) is 2.70. The minimum atomic E-state index is -6.09. The third-order valence-corrected chi connectivity index (χ3v) is 4.18. The van der Waals surface area contributed by atoms with E-state index in [4.69, 9.17) is 14.2 Å². The van der Waals surface area contributed by atoms with E-state index >= 15 is 0 Å². The Bertz CT molecular complexity index is 708. The molecule has 1 heterocycles. The summed E-state index contributed by atoms with van der Waals surface area (Å²) in [5.74, 6) is -1.25. The predicted octanol–water partition coefficient (Wildman–Crippen LogP) is 1.67. The first-order chi connectivity index (χ1) is 12.3. The molecule has 1 rings (SSSR count). The Balaban J connectivity index is 3.29. The smallest absolute Gasteiger partial charge is 0.477 e. The lowest BCUT2D eigenvalue weighted by Crippen LogP contribution is -2.65. The van der Waals surface area contributed by atoms with Gasteiger partial charge in [-0.1, -0.05) is 13.8 Å². The van der Waals surface area contributed by atoms with Crippen LogP contribution in [0.3, 0.4) is 0 Å². The van der Waals surface area contributed by atoms with Crippen LogP contribution in [0.15, 0.2) is 0 Å². The maximum absolute atomic E-state index is 12.7. The maximum atomic E-state index is 12.7. The van der Waals surface area contributed by atoms with Gasteiger partial charge in [-0.25, -0.2) is 9.59 Å². The van der Waals surface area contributed by atoms with Crippen molar-refractivity contribution in [2.45, 2.75) is 63.0 Å². The van der Waals surface area contributed by atoms with E-state index in [1.54, 1.807) is 0 Å². The van der Waals surface area contributed by atoms with Gasteiger partial charge in [-0.05, 0) is 26.4 Å². The fraction of sp³-hybridized carbons (Fsp3) is 0.800. The first-order valence-electron chi connectivity index (χ1n) is 7.96. The molecule has 0 aromatic heterocycles. The Morgan fingerprint density at radius 2 is 1.68 bits per heavy atom. The van der Waals surface area contributed by atoms with Gasteiger partial charge in [0.25, 0.3) is 0 Å². The minimum Gasteiger partial charge on any atom is -0.477 e. The summed E-state index contributed by atoms with van der Waals surface area (Å²) < 4.78 is 80.1. The molecule has 28 heavy (non-hydrogen) atoms. The Labute approximate surface area is 161 Å². The van der Waals surface area contributed by atoms with Crippen molar-refractivity contribution in [1.29, 1.82) is 0 Å². The van der Waals surface area contributed by atoms with E-state index in [1.807, 2.05) is 5.32 Å². The molecule has 2 atom stereocenters. The molecule has 0 aromatic carbocycles. The molecule has 1 N–H and O–H groups in total. The zero-order valence-electron chi connectivity index (χ0n) is 16.0. The molecule has 2 unspecified atom stereocenters. The second kappa shape index (κ2) is 7.67. The van der Waals surface area contributed by atoms with Crippen molar-refractivity contribution < 1.29 is 49.6 Å². The number of amides is 1. The standard InChI is InChI=1S/C15H23F3NO8S/c1-12(2,3)25-10(20)14(19-11(21)26-13(4,5)6)8-24-7-9(14)27-28(22,23)15(16,17)18/h9H,4,7-8H2,1-3,5-6H3,(H,19,21)/q-1. The minimum absolute atomic E-state index is 0.702. The Morgan fingerprint density at radius 1 is 1.14 bits per heavy atom. The number of hydrogen-bond donors (Lipinski definition) is 1. The fourth-order valence-electron chi connectivity index (χ4n) is 2.07. The van der Waals surface area contributed by atoms with E-state index in [9.17, 15) is 31.2 Å². The van der Waals surface area contributed by atoms with E-state index in [1.165, 1.54) is 34.6 Å². The average Bonchev–Trinajstić information content (AvgIpc) is 2.76. The summed E-state index contributed by atoms with van der Waals surface area (Å²) >= 11 is 0. The summed E-state index contributed by atoms with van der Waals surface area (Å²) in [6.45, 7) is 9.29. The molecule has 1 aliphatic heterocycles. The number of carbonyl (C=O) groups is 2. The second-order valence-electron chi connectivity index (χ2n) is 7.75. The largest absolute Gasteiger partial charge is 0.523 e. The number of hydrogen-bond acceptors (Lipinski definition) is 8. The van der Waals surface area contributed by atoms with E-state index in [2.05, 4.69) is 11.1 Å². The maximum Gasteiger partial charge on any atom is 0.523 e. The summed E-state index contributed by atoms with van der Waals surface area (Å²) in [7, 11) is -6.09. The van der Waals surface area contributed by atoms with Gasteiger partial charge in [0.05, 0.1) is 13.2 Å². The number of rotatable bonds is 5. The molecule has 0 bridgehead atoms. The van der Waals surface area contributed by atoms with Crippen LogP contribution >= 0.6 is 0 Å². The van der Waals surface area contributed by atoms with Gasteiger partial charge >= 0.3 is 27.7 Å². The van der Waals surface area contributed by atoms with Gasteiger partial charge in [-0.15, -0.1) is 0 Å². The van der Waals surface area contributed by atoms with Crippen LogP contribution < -0.4 is 5.32 Å². The molecule has 0 saturated carbocycles. The average molecular weight is 434 g/mol. The second-order valence-corrected chi connectivity index (χ2v) is 9.31. The highest BCUT2D eigenvalue weighted by molar-refractivity contribution is 7.87. The zero-order chi connectivity index (χ0) is 22.2. The van der Waals surface area contributed by atoms with E-state index in [-0.39, 0.29) is 0 Å². The molecule has 164 valence electrons. The van der Waals surface area contributed by atoms with Gasteiger partial charge in [0.2, 0.25) is 0 Å². The van der Waals surface area contributed by atoms with Crippen LogP contribution in [0.4, 0.5) is 18.0 Å². The number of halogens is 3. The van der Waals surface area contributed by atoms with E-state index < -0.39 is 63.7 Å². The van der Waals surface area contributed by atoms with Crippen LogP contribution in [0.5, 0.6) is 0 Å². The van der Waals surface area contributed by atoms with Crippen molar-refractivity contribution in [3.8, 4) is 0 Å². The molecule has 1 amide bonds. The van der Waals surface area contributed by atoms with E-state index in [0.717, 1.165) is 0 Å². The molecule has 13 heteroatoms.